The fourth-order valence-electron chi connectivity index (χ4n) is 4.26. The summed E-state index contributed by atoms with van der Waals surface area (Å²) in [7, 11) is -1.96. The van der Waals surface area contributed by atoms with Crippen LogP contribution >= 0.6 is 0 Å². The number of likely N-dealkylation sites (tertiary alicyclic amines) is 1. The third-order valence-electron chi connectivity index (χ3n) is 5.97. The summed E-state index contributed by atoms with van der Waals surface area (Å²) in [5.41, 5.74) is -0.289. The van der Waals surface area contributed by atoms with Crippen molar-refractivity contribution in [3.05, 3.63) is 24.3 Å². The Morgan fingerprint density at radius 3 is 2.67 bits per heavy atom. The second-order valence-corrected chi connectivity index (χ2v) is 9.84. The zero-order valence-electron chi connectivity index (χ0n) is 15.6. The van der Waals surface area contributed by atoms with Crippen LogP contribution in [0.2, 0.25) is 0 Å². The first-order valence-electron chi connectivity index (χ1n) is 9.50. The lowest BCUT2D eigenvalue weighted by molar-refractivity contribution is -0.143. The SMILES string of the molecule is CN1CC2(CCN(C(=O)[C@H]3CCCO3)CC2)COc2ccccc2S1(=O)=O. The van der Waals surface area contributed by atoms with Crippen LogP contribution in [0.3, 0.4) is 0 Å². The highest BCUT2D eigenvalue weighted by Crippen LogP contribution is 2.38. The van der Waals surface area contributed by atoms with Crippen molar-refractivity contribution < 1.29 is 22.7 Å². The molecule has 1 amide bonds. The van der Waals surface area contributed by atoms with Crippen LogP contribution in [-0.2, 0) is 19.6 Å². The Hall–Kier alpha value is -1.64. The van der Waals surface area contributed by atoms with Crippen LogP contribution < -0.4 is 4.74 Å². The Morgan fingerprint density at radius 2 is 1.96 bits per heavy atom. The normalized spacial score (nSPS) is 27.4. The topological polar surface area (TPSA) is 76.2 Å². The van der Waals surface area contributed by atoms with Crippen molar-refractivity contribution in [1.82, 2.24) is 9.21 Å². The number of nitrogens with zero attached hydrogens (tertiary/aromatic N) is 2. The van der Waals surface area contributed by atoms with Gasteiger partial charge in [0.05, 0.1) is 6.61 Å². The van der Waals surface area contributed by atoms with Gasteiger partial charge in [0.25, 0.3) is 5.91 Å². The summed E-state index contributed by atoms with van der Waals surface area (Å²) >= 11 is 0. The highest BCUT2D eigenvalue weighted by Gasteiger charge is 2.43. The summed E-state index contributed by atoms with van der Waals surface area (Å²) < 4.78 is 38.8. The largest absolute Gasteiger partial charge is 0.492 e. The molecule has 3 aliphatic heterocycles. The van der Waals surface area contributed by atoms with Crippen molar-refractivity contribution in [2.75, 3.05) is 39.9 Å². The first-order valence-corrected chi connectivity index (χ1v) is 10.9. The number of carbonyl (C=O) groups is 1. The third kappa shape index (κ3) is 3.46. The minimum atomic E-state index is -3.59. The van der Waals surface area contributed by atoms with E-state index in [2.05, 4.69) is 0 Å². The number of ether oxygens (including phenoxy) is 2. The van der Waals surface area contributed by atoms with Crippen LogP contribution in [0.4, 0.5) is 0 Å². The molecule has 148 valence electrons. The lowest BCUT2D eigenvalue weighted by Crippen LogP contribution is -2.53. The molecular weight excluding hydrogens is 368 g/mol. The van der Waals surface area contributed by atoms with E-state index in [0.717, 1.165) is 12.8 Å². The van der Waals surface area contributed by atoms with E-state index in [-0.39, 0.29) is 22.3 Å². The Bertz CT molecular complexity index is 811. The number of hydrogen-bond acceptors (Lipinski definition) is 5. The number of amides is 1. The minimum Gasteiger partial charge on any atom is -0.492 e. The summed E-state index contributed by atoms with van der Waals surface area (Å²) in [6.07, 6.45) is 2.86. The molecule has 4 rings (SSSR count). The molecule has 0 bridgehead atoms. The Labute approximate surface area is 160 Å². The van der Waals surface area contributed by atoms with Crippen molar-refractivity contribution >= 4 is 15.9 Å². The summed E-state index contributed by atoms with van der Waals surface area (Å²) in [6, 6.07) is 6.78. The van der Waals surface area contributed by atoms with E-state index in [1.807, 2.05) is 4.90 Å². The molecule has 0 unspecified atom stereocenters. The average molecular weight is 394 g/mol. The molecule has 3 aliphatic rings. The number of benzene rings is 1. The molecule has 3 heterocycles. The van der Waals surface area contributed by atoms with E-state index in [9.17, 15) is 13.2 Å². The van der Waals surface area contributed by atoms with Gasteiger partial charge < -0.3 is 14.4 Å². The molecule has 0 radical (unpaired) electrons. The predicted molar refractivity (Wildman–Crippen MR) is 99.0 cm³/mol. The number of para-hydroxylation sites is 1. The maximum atomic E-state index is 12.9. The second kappa shape index (κ2) is 7.07. The van der Waals surface area contributed by atoms with Gasteiger partial charge in [0, 0.05) is 38.7 Å². The smallest absolute Gasteiger partial charge is 0.251 e. The van der Waals surface area contributed by atoms with Crippen LogP contribution in [-0.4, -0.2) is 69.5 Å². The Balaban J connectivity index is 1.51. The first kappa shape index (κ1) is 18.7. The van der Waals surface area contributed by atoms with Gasteiger partial charge in [-0.3, -0.25) is 4.79 Å². The van der Waals surface area contributed by atoms with E-state index in [1.165, 1.54) is 4.31 Å². The van der Waals surface area contributed by atoms with Gasteiger partial charge in [-0.15, -0.1) is 0 Å². The highest BCUT2D eigenvalue weighted by atomic mass is 32.2. The van der Waals surface area contributed by atoms with E-state index >= 15 is 0 Å². The molecular formula is C19H26N2O5S. The standard InChI is InChI=1S/C19H26N2O5S/c1-20-13-19(14-26-15-5-2-3-7-17(15)27(20,23)24)8-10-21(11-9-19)18(22)16-6-4-12-25-16/h2-3,5,7,16H,4,6,8-14H2,1H3/t16-/m1/s1. The number of hydrogen-bond donors (Lipinski definition) is 0. The molecule has 0 aromatic heterocycles. The number of sulfonamides is 1. The molecule has 7 nitrogen and oxygen atoms in total. The zero-order chi connectivity index (χ0) is 19.1. The van der Waals surface area contributed by atoms with Gasteiger partial charge in [-0.25, -0.2) is 12.7 Å². The van der Waals surface area contributed by atoms with Crippen LogP contribution in [0.5, 0.6) is 5.75 Å². The summed E-state index contributed by atoms with van der Waals surface area (Å²) in [5, 5.41) is 0. The van der Waals surface area contributed by atoms with Crippen LogP contribution in [0.25, 0.3) is 0 Å². The lowest BCUT2D eigenvalue weighted by atomic mass is 9.78. The highest BCUT2D eigenvalue weighted by molar-refractivity contribution is 7.89. The van der Waals surface area contributed by atoms with E-state index < -0.39 is 10.0 Å². The van der Waals surface area contributed by atoms with Crippen LogP contribution in [0.15, 0.2) is 29.2 Å². The number of rotatable bonds is 1. The van der Waals surface area contributed by atoms with Gasteiger partial charge in [-0.05, 0) is 37.8 Å². The summed E-state index contributed by atoms with van der Waals surface area (Å²) in [4.78, 5) is 14.7. The summed E-state index contributed by atoms with van der Waals surface area (Å²) in [5.74, 6) is 0.474. The van der Waals surface area contributed by atoms with Gasteiger partial charge in [0.2, 0.25) is 10.0 Å². The Kier molecular flexibility index (Phi) is 4.90. The molecule has 27 heavy (non-hydrogen) atoms. The van der Waals surface area contributed by atoms with Crippen molar-refractivity contribution in [2.45, 2.75) is 36.7 Å². The minimum absolute atomic E-state index is 0.0698. The van der Waals surface area contributed by atoms with Crippen molar-refractivity contribution in [2.24, 2.45) is 5.41 Å². The molecule has 0 N–H and O–H groups in total. The number of carbonyl (C=O) groups excluding carboxylic acids is 1. The van der Waals surface area contributed by atoms with E-state index in [0.29, 0.717) is 51.4 Å². The fourth-order valence-corrected chi connectivity index (χ4v) is 5.68. The monoisotopic (exact) mass is 394 g/mol. The molecule has 2 saturated heterocycles. The molecule has 0 aliphatic carbocycles. The van der Waals surface area contributed by atoms with Crippen molar-refractivity contribution in [3.8, 4) is 5.75 Å². The van der Waals surface area contributed by atoms with Gasteiger partial charge in [0.1, 0.15) is 16.7 Å². The molecule has 8 heteroatoms. The molecule has 2 fully saturated rings. The molecule has 1 aromatic carbocycles. The molecule has 1 aromatic rings. The Morgan fingerprint density at radius 1 is 1.22 bits per heavy atom. The van der Waals surface area contributed by atoms with Crippen LogP contribution in [0.1, 0.15) is 25.7 Å². The maximum absolute atomic E-state index is 12.9. The third-order valence-corrected chi connectivity index (χ3v) is 7.81. The fraction of sp³-hybridized carbons (Fsp3) is 0.632. The molecule has 1 atom stereocenters. The van der Waals surface area contributed by atoms with E-state index in [1.54, 1.807) is 31.3 Å². The van der Waals surface area contributed by atoms with Crippen molar-refractivity contribution in [1.29, 1.82) is 0 Å². The number of piperidine rings is 1. The molecule has 0 saturated carbocycles. The van der Waals surface area contributed by atoms with Gasteiger partial charge >= 0.3 is 0 Å². The van der Waals surface area contributed by atoms with E-state index in [4.69, 9.17) is 9.47 Å². The van der Waals surface area contributed by atoms with Gasteiger partial charge in [0.15, 0.2) is 0 Å². The lowest BCUT2D eigenvalue weighted by Gasteiger charge is -2.44. The van der Waals surface area contributed by atoms with Gasteiger partial charge in [-0.2, -0.15) is 0 Å². The number of fused-ring (bicyclic) bond motifs is 1. The van der Waals surface area contributed by atoms with Crippen LogP contribution in [0, 0.1) is 5.41 Å². The first-order chi connectivity index (χ1) is 12.9. The maximum Gasteiger partial charge on any atom is 0.251 e. The second-order valence-electron chi connectivity index (χ2n) is 7.82. The quantitative estimate of drug-likeness (QED) is 0.721. The average Bonchev–Trinajstić information content (AvgIpc) is 3.21. The zero-order valence-corrected chi connectivity index (χ0v) is 16.4. The van der Waals surface area contributed by atoms with Crippen molar-refractivity contribution in [3.63, 3.8) is 0 Å². The predicted octanol–water partition coefficient (Wildman–Crippen LogP) is 1.49. The van der Waals surface area contributed by atoms with Gasteiger partial charge in [-0.1, -0.05) is 12.1 Å². The summed E-state index contributed by atoms with van der Waals surface area (Å²) in [6.45, 7) is 2.72. The molecule has 1 spiro atoms.